The molecule has 0 amide bonds. The van der Waals surface area contributed by atoms with Crippen molar-refractivity contribution in [2.24, 2.45) is 0 Å². The summed E-state index contributed by atoms with van der Waals surface area (Å²) in [6.07, 6.45) is 3.56. The first-order valence-electron chi connectivity index (χ1n) is 6.28. The molecule has 1 saturated heterocycles. The first kappa shape index (κ1) is 11.3. The summed E-state index contributed by atoms with van der Waals surface area (Å²) in [4.78, 5) is 14.2. The van der Waals surface area contributed by atoms with Crippen molar-refractivity contribution >= 4 is 16.9 Å². The van der Waals surface area contributed by atoms with E-state index in [1.54, 1.807) is 0 Å². The molecule has 2 unspecified atom stereocenters. The van der Waals surface area contributed by atoms with Crippen LogP contribution in [0.1, 0.15) is 24.3 Å². The summed E-state index contributed by atoms with van der Waals surface area (Å²) in [6.45, 7) is 0.731. The highest BCUT2D eigenvalue weighted by molar-refractivity contribution is 5.83. The Labute approximate surface area is 105 Å². The normalized spacial score (nSPS) is 24.2. The van der Waals surface area contributed by atoms with Crippen molar-refractivity contribution in [3.8, 4) is 0 Å². The van der Waals surface area contributed by atoms with Gasteiger partial charge in [0.25, 0.3) is 0 Å². The Morgan fingerprint density at radius 1 is 1.28 bits per heavy atom. The van der Waals surface area contributed by atoms with Crippen molar-refractivity contribution in [1.82, 2.24) is 10.3 Å². The molecule has 0 radical (unpaired) electrons. The molecule has 4 heteroatoms. The van der Waals surface area contributed by atoms with Gasteiger partial charge in [-0.05, 0) is 35.8 Å². The maximum Gasteiger partial charge on any atom is 0.320 e. The number of carbonyl (C=O) groups is 1. The highest BCUT2D eigenvalue weighted by Crippen LogP contribution is 2.30. The molecule has 0 spiro atoms. The van der Waals surface area contributed by atoms with Crippen LogP contribution in [0.2, 0.25) is 0 Å². The lowest BCUT2D eigenvalue weighted by molar-refractivity contribution is -0.140. The van der Waals surface area contributed by atoms with E-state index in [4.69, 9.17) is 5.11 Å². The van der Waals surface area contributed by atoms with Gasteiger partial charge < -0.3 is 15.4 Å². The van der Waals surface area contributed by atoms with Crippen LogP contribution in [-0.2, 0) is 4.79 Å². The minimum atomic E-state index is -0.744. The lowest BCUT2D eigenvalue weighted by Gasteiger charge is -2.28. The molecule has 1 aromatic carbocycles. The number of hydrogen-bond donors (Lipinski definition) is 3. The Kier molecular flexibility index (Phi) is 2.80. The van der Waals surface area contributed by atoms with E-state index in [0.717, 1.165) is 13.0 Å². The fourth-order valence-corrected chi connectivity index (χ4v) is 2.78. The molecular formula is C14H16N2O2. The average Bonchev–Trinajstić information content (AvgIpc) is 2.87. The molecule has 1 aliphatic heterocycles. The number of benzene rings is 1. The van der Waals surface area contributed by atoms with Gasteiger partial charge >= 0.3 is 5.97 Å². The van der Waals surface area contributed by atoms with Crippen molar-refractivity contribution in [1.29, 1.82) is 0 Å². The molecule has 2 aromatic rings. The van der Waals surface area contributed by atoms with E-state index in [2.05, 4.69) is 34.6 Å². The number of carboxylic acids is 1. The van der Waals surface area contributed by atoms with Gasteiger partial charge in [0, 0.05) is 18.3 Å². The SMILES string of the molecule is O=C(O)C1CCC(c2cccc3cc[nH]c23)CN1. The fraction of sp³-hybridized carbons (Fsp3) is 0.357. The van der Waals surface area contributed by atoms with E-state index in [0.29, 0.717) is 12.3 Å². The molecule has 3 N–H and O–H groups in total. The molecule has 1 aromatic heterocycles. The van der Waals surface area contributed by atoms with E-state index in [-0.39, 0.29) is 6.04 Å². The van der Waals surface area contributed by atoms with Gasteiger partial charge in [-0.1, -0.05) is 18.2 Å². The molecule has 18 heavy (non-hydrogen) atoms. The maximum atomic E-state index is 10.9. The van der Waals surface area contributed by atoms with Gasteiger partial charge in [-0.2, -0.15) is 0 Å². The van der Waals surface area contributed by atoms with Crippen LogP contribution in [-0.4, -0.2) is 28.6 Å². The van der Waals surface area contributed by atoms with Gasteiger partial charge in [0.05, 0.1) is 0 Å². The van der Waals surface area contributed by atoms with Crippen molar-refractivity contribution in [3.63, 3.8) is 0 Å². The summed E-state index contributed by atoms with van der Waals surface area (Å²) in [5, 5.41) is 13.3. The second-order valence-corrected chi connectivity index (χ2v) is 4.86. The van der Waals surface area contributed by atoms with Gasteiger partial charge in [-0.15, -0.1) is 0 Å². The number of piperidine rings is 1. The number of aromatic nitrogens is 1. The Hall–Kier alpha value is -1.81. The van der Waals surface area contributed by atoms with Crippen LogP contribution < -0.4 is 5.32 Å². The van der Waals surface area contributed by atoms with Gasteiger partial charge in [0.1, 0.15) is 6.04 Å². The van der Waals surface area contributed by atoms with Gasteiger partial charge in [0.15, 0.2) is 0 Å². The first-order valence-corrected chi connectivity index (χ1v) is 6.28. The summed E-state index contributed by atoms with van der Waals surface area (Å²) in [5.41, 5.74) is 2.46. The van der Waals surface area contributed by atoms with Crippen LogP contribution in [0.25, 0.3) is 10.9 Å². The van der Waals surface area contributed by atoms with E-state index >= 15 is 0 Å². The Morgan fingerprint density at radius 3 is 2.89 bits per heavy atom. The van der Waals surface area contributed by atoms with E-state index in [9.17, 15) is 4.79 Å². The van der Waals surface area contributed by atoms with Gasteiger partial charge in [-0.3, -0.25) is 4.79 Å². The highest BCUT2D eigenvalue weighted by Gasteiger charge is 2.26. The molecule has 0 bridgehead atoms. The van der Waals surface area contributed by atoms with Gasteiger partial charge in [0.2, 0.25) is 0 Å². The Morgan fingerprint density at radius 2 is 2.17 bits per heavy atom. The minimum Gasteiger partial charge on any atom is -0.480 e. The Bertz CT molecular complexity index is 568. The number of fused-ring (bicyclic) bond motifs is 1. The highest BCUT2D eigenvalue weighted by atomic mass is 16.4. The molecule has 2 heterocycles. The quantitative estimate of drug-likeness (QED) is 0.758. The lowest BCUT2D eigenvalue weighted by Crippen LogP contribution is -2.43. The molecule has 2 atom stereocenters. The second kappa shape index (κ2) is 4.46. The van der Waals surface area contributed by atoms with Crippen molar-refractivity contribution in [2.75, 3.05) is 6.54 Å². The molecule has 94 valence electrons. The van der Waals surface area contributed by atoms with E-state index in [1.807, 2.05) is 6.20 Å². The first-order chi connectivity index (χ1) is 8.75. The smallest absolute Gasteiger partial charge is 0.320 e. The number of para-hydroxylation sites is 1. The zero-order valence-electron chi connectivity index (χ0n) is 10.0. The molecule has 3 rings (SSSR count). The van der Waals surface area contributed by atoms with Crippen LogP contribution in [0.4, 0.5) is 0 Å². The second-order valence-electron chi connectivity index (χ2n) is 4.86. The average molecular weight is 244 g/mol. The Balaban J connectivity index is 1.84. The third-order valence-corrected chi connectivity index (χ3v) is 3.77. The van der Waals surface area contributed by atoms with Crippen molar-refractivity contribution < 1.29 is 9.90 Å². The van der Waals surface area contributed by atoms with Crippen molar-refractivity contribution in [2.45, 2.75) is 24.8 Å². The van der Waals surface area contributed by atoms with Crippen LogP contribution in [0.3, 0.4) is 0 Å². The number of nitrogens with one attached hydrogen (secondary N) is 2. The number of aromatic amines is 1. The lowest BCUT2D eigenvalue weighted by atomic mass is 9.88. The third kappa shape index (κ3) is 1.88. The van der Waals surface area contributed by atoms with Crippen molar-refractivity contribution in [3.05, 3.63) is 36.0 Å². The van der Waals surface area contributed by atoms with E-state index in [1.165, 1.54) is 16.5 Å². The molecule has 1 fully saturated rings. The predicted molar refractivity (Wildman–Crippen MR) is 69.7 cm³/mol. The third-order valence-electron chi connectivity index (χ3n) is 3.77. The van der Waals surface area contributed by atoms with Crippen LogP contribution >= 0.6 is 0 Å². The molecule has 0 saturated carbocycles. The molecule has 1 aliphatic rings. The minimum absolute atomic E-state index is 0.385. The largest absolute Gasteiger partial charge is 0.480 e. The van der Waals surface area contributed by atoms with Gasteiger partial charge in [-0.25, -0.2) is 0 Å². The molecular weight excluding hydrogens is 228 g/mol. The summed E-state index contributed by atoms with van der Waals surface area (Å²) < 4.78 is 0. The van der Waals surface area contributed by atoms with E-state index < -0.39 is 5.97 Å². The van der Waals surface area contributed by atoms with Crippen LogP contribution in [0, 0.1) is 0 Å². The number of H-pyrrole nitrogens is 1. The summed E-state index contributed by atoms with van der Waals surface area (Å²) in [7, 11) is 0. The topological polar surface area (TPSA) is 65.1 Å². The monoisotopic (exact) mass is 244 g/mol. The standard InChI is InChI=1S/C14H16N2O2/c17-14(18)12-5-4-10(8-16-12)11-3-1-2-9-6-7-15-13(9)11/h1-3,6-7,10,12,15-16H,4-5,8H2,(H,17,18). The molecule has 0 aliphatic carbocycles. The summed E-state index contributed by atoms with van der Waals surface area (Å²) in [5.74, 6) is -0.352. The predicted octanol–water partition coefficient (Wildman–Crippen LogP) is 2.09. The number of aliphatic carboxylic acids is 1. The summed E-state index contributed by atoms with van der Waals surface area (Å²) in [6, 6.07) is 7.96. The fourth-order valence-electron chi connectivity index (χ4n) is 2.78. The summed E-state index contributed by atoms with van der Waals surface area (Å²) >= 11 is 0. The van der Waals surface area contributed by atoms with Crippen LogP contribution in [0.15, 0.2) is 30.5 Å². The molecule has 4 nitrogen and oxygen atoms in total. The maximum absolute atomic E-state index is 10.9. The van der Waals surface area contributed by atoms with Crippen LogP contribution in [0.5, 0.6) is 0 Å². The zero-order chi connectivity index (χ0) is 12.5. The number of rotatable bonds is 2. The number of hydrogen-bond acceptors (Lipinski definition) is 2. The number of carboxylic acid groups (broad SMARTS) is 1. The zero-order valence-corrected chi connectivity index (χ0v) is 10.0.